The molecule has 0 aliphatic rings. The van der Waals surface area contributed by atoms with Crippen LogP contribution in [0.3, 0.4) is 0 Å². The molecule has 23 heavy (non-hydrogen) atoms. The number of H-pyrrole nitrogens is 1. The highest BCUT2D eigenvalue weighted by atomic mass is 32.1. The van der Waals surface area contributed by atoms with Gasteiger partial charge in [-0.1, -0.05) is 36.4 Å². The first kappa shape index (κ1) is 13.5. The molecule has 2 aromatic carbocycles. The van der Waals surface area contributed by atoms with Crippen LogP contribution < -0.4 is 5.32 Å². The van der Waals surface area contributed by atoms with Gasteiger partial charge in [0.2, 0.25) is 0 Å². The average Bonchev–Trinajstić information content (AvgIpc) is 3.26. The molecule has 0 unspecified atom stereocenters. The quantitative estimate of drug-likeness (QED) is 0.604. The summed E-state index contributed by atoms with van der Waals surface area (Å²) >= 11 is 1.35. The highest BCUT2D eigenvalue weighted by Crippen LogP contribution is 2.27. The summed E-state index contributed by atoms with van der Waals surface area (Å²) in [5.41, 5.74) is 1.81. The number of anilines is 1. The van der Waals surface area contributed by atoms with Crippen molar-refractivity contribution in [2.24, 2.45) is 0 Å². The van der Waals surface area contributed by atoms with E-state index in [9.17, 15) is 4.79 Å². The van der Waals surface area contributed by atoms with Crippen molar-refractivity contribution >= 4 is 33.1 Å². The zero-order valence-electron chi connectivity index (χ0n) is 11.7. The molecule has 0 fully saturated rings. The second-order valence-corrected chi connectivity index (χ2v) is 5.65. The van der Waals surface area contributed by atoms with Crippen molar-refractivity contribution in [2.45, 2.75) is 0 Å². The summed E-state index contributed by atoms with van der Waals surface area (Å²) in [7, 11) is 0. The molecule has 0 atom stereocenters. The lowest BCUT2D eigenvalue weighted by atomic mass is 10.1. The molecule has 0 aliphatic heterocycles. The molecule has 0 saturated heterocycles. The van der Waals surface area contributed by atoms with Gasteiger partial charge in [-0.2, -0.15) is 5.21 Å². The molecule has 7 nitrogen and oxygen atoms in total. The van der Waals surface area contributed by atoms with E-state index in [1.807, 2.05) is 23.6 Å². The van der Waals surface area contributed by atoms with E-state index in [1.165, 1.54) is 16.7 Å². The van der Waals surface area contributed by atoms with Crippen molar-refractivity contribution in [1.82, 2.24) is 25.6 Å². The number of aromatic amines is 1. The van der Waals surface area contributed by atoms with Crippen LogP contribution in [0.5, 0.6) is 0 Å². The highest BCUT2D eigenvalue weighted by molar-refractivity contribution is 7.14. The number of rotatable bonds is 3. The van der Waals surface area contributed by atoms with Crippen LogP contribution in [0.2, 0.25) is 0 Å². The second kappa shape index (κ2) is 5.58. The van der Waals surface area contributed by atoms with E-state index in [0.29, 0.717) is 5.13 Å². The number of hydrogen-bond donors (Lipinski definition) is 2. The topological polar surface area (TPSA) is 96.5 Å². The summed E-state index contributed by atoms with van der Waals surface area (Å²) in [5.74, 6) is -0.467. The van der Waals surface area contributed by atoms with Crippen LogP contribution in [0.4, 0.5) is 5.13 Å². The van der Waals surface area contributed by atoms with Gasteiger partial charge in [-0.25, -0.2) is 4.98 Å². The fourth-order valence-electron chi connectivity index (χ4n) is 2.22. The van der Waals surface area contributed by atoms with Gasteiger partial charge < -0.3 is 0 Å². The maximum atomic E-state index is 11.9. The van der Waals surface area contributed by atoms with E-state index in [2.05, 4.69) is 55.2 Å². The third kappa shape index (κ3) is 2.67. The first-order valence-corrected chi connectivity index (χ1v) is 7.67. The zero-order valence-corrected chi connectivity index (χ0v) is 12.5. The number of thiazole rings is 1. The van der Waals surface area contributed by atoms with Gasteiger partial charge in [-0.15, -0.1) is 21.5 Å². The zero-order chi connectivity index (χ0) is 15.6. The Labute approximate surface area is 134 Å². The van der Waals surface area contributed by atoms with E-state index in [0.717, 1.165) is 16.6 Å². The molecule has 0 radical (unpaired) electrons. The first-order chi connectivity index (χ1) is 11.3. The molecule has 2 N–H and O–H groups in total. The van der Waals surface area contributed by atoms with Crippen molar-refractivity contribution < 1.29 is 4.79 Å². The lowest BCUT2D eigenvalue weighted by molar-refractivity contribution is 0.101. The normalized spacial score (nSPS) is 10.8. The van der Waals surface area contributed by atoms with Gasteiger partial charge in [0.05, 0.1) is 5.69 Å². The largest absolute Gasteiger partial charge is 0.299 e. The molecule has 1 amide bonds. The molecule has 112 valence electrons. The van der Waals surface area contributed by atoms with Crippen molar-refractivity contribution in [1.29, 1.82) is 0 Å². The maximum Gasteiger partial charge on any atom is 0.299 e. The van der Waals surface area contributed by atoms with E-state index < -0.39 is 5.91 Å². The van der Waals surface area contributed by atoms with Crippen molar-refractivity contribution in [3.8, 4) is 11.3 Å². The molecule has 0 saturated carbocycles. The number of nitrogens with one attached hydrogen (secondary N) is 2. The van der Waals surface area contributed by atoms with Gasteiger partial charge in [0.15, 0.2) is 5.13 Å². The Morgan fingerprint density at radius 3 is 2.83 bits per heavy atom. The Balaban J connectivity index is 1.60. The van der Waals surface area contributed by atoms with E-state index >= 15 is 0 Å². The fraction of sp³-hybridized carbons (Fsp3) is 0. The molecule has 4 rings (SSSR count). The Morgan fingerprint density at radius 2 is 2.00 bits per heavy atom. The summed E-state index contributed by atoms with van der Waals surface area (Å²) in [6, 6.07) is 14.3. The number of aromatic nitrogens is 5. The SMILES string of the molecule is O=C(Nc1nc(-c2ccc3ccccc3c2)cs1)c1nn[nH]n1. The molecule has 0 spiro atoms. The molecule has 0 aliphatic carbocycles. The van der Waals surface area contributed by atoms with Crippen molar-refractivity contribution in [3.05, 3.63) is 53.7 Å². The van der Waals surface area contributed by atoms with Crippen molar-refractivity contribution in [3.63, 3.8) is 0 Å². The minimum absolute atomic E-state index is 0.0209. The van der Waals surface area contributed by atoms with Crippen LogP contribution in [0.25, 0.3) is 22.0 Å². The number of amides is 1. The summed E-state index contributed by atoms with van der Waals surface area (Å²) in [6.45, 7) is 0. The summed E-state index contributed by atoms with van der Waals surface area (Å²) in [5, 5.41) is 20.2. The first-order valence-electron chi connectivity index (χ1n) is 6.79. The Bertz CT molecular complexity index is 978. The smallest absolute Gasteiger partial charge is 0.295 e. The lowest BCUT2D eigenvalue weighted by Gasteiger charge is -2.01. The van der Waals surface area contributed by atoms with Gasteiger partial charge in [0, 0.05) is 10.9 Å². The van der Waals surface area contributed by atoms with Gasteiger partial charge in [0.25, 0.3) is 11.7 Å². The van der Waals surface area contributed by atoms with E-state index in [4.69, 9.17) is 0 Å². The van der Waals surface area contributed by atoms with Crippen LogP contribution in [0.1, 0.15) is 10.6 Å². The third-order valence-electron chi connectivity index (χ3n) is 3.32. The van der Waals surface area contributed by atoms with Gasteiger partial charge >= 0.3 is 0 Å². The van der Waals surface area contributed by atoms with Crippen LogP contribution in [0, 0.1) is 0 Å². The Hall–Kier alpha value is -3.13. The molecular weight excluding hydrogens is 312 g/mol. The summed E-state index contributed by atoms with van der Waals surface area (Å²) in [6.07, 6.45) is 0. The van der Waals surface area contributed by atoms with Crippen molar-refractivity contribution in [2.75, 3.05) is 5.32 Å². The number of tetrazole rings is 1. The average molecular weight is 322 g/mol. The maximum absolute atomic E-state index is 11.9. The number of fused-ring (bicyclic) bond motifs is 1. The number of carbonyl (C=O) groups excluding carboxylic acids is 1. The molecule has 8 heteroatoms. The summed E-state index contributed by atoms with van der Waals surface area (Å²) < 4.78 is 0. The molecular formula is C15H10N6OS. The monoisotopic (exact) mass is 322 g/mol. The van der Waals surface area contributed by atoms with Crippen LogP contribution in [-0.4, -0.2) is 31.5 Å². The predicted molar refractivity (Wildman–Crippen MR) is 87.2 cm³/mol. The van der Waals surface area contributed by atoms with E-state index in [-0.39, 0.29) is 5.82 Å². The van der Waals surface area contributed by atoms with E-state index in [1.54, 1.807) is 0 Å². The minimum Gasteiger partial charge on any atom is -0.295 e. The minimum atomic E-state index is -0.446. The standard InChI is InChI=1S/C15H10N6OS/c22-14(13-18-20-21-19-13)17-15-16-12(8-23-15)11-6-5-9-3-1-2-4-10(9)7-11/h1-8H,(H,16,17,22)(H,18,19,20,21). The fourth-order valence-corrected chi connectivity index (χ4v) is 2.94. The van der Waals surface area contributed by atoms with Gasteiger partial charge in [-0.05, 0) is 22.1 Å². The molecule has 4 aromatic rings. The highest BCUT2D eigenvalue weighted by Gasteiger charge is 2.13. The van der Waals surface area contributed by atoms with Crippen LogP contribution in [-0.2, 0) is 0 Å². The second-order valence-electron chi connectivity index (χ2n) is 4.79. The molecule has 2 heterocycles. The number of carbonyl (C=O) groups is 1. The molecule has 2 aromatic heterocycles. The molecule has 0 bridgehead atoms. The summed E-state index contributed by atoms with van der Waals surface area (Å²) in [4.78, 5) is 16.3. The van der Waals surface area contributed by atoms with Gasteiger partial charge in [0.1, 0.15) is 0 Å². The van der Waals surface area contributed by atoms with Gasteiger partial charge in [-0.3, -0.25) is 10.1 Å². The third-order valence-corrected chi connectivity index (χ3v) is 4.08. The number of benzene rings is 2. The number of hydrogen-bond acceptors (Lipinski definition) is 6. The lowest BCUT2D eigenvalue weighted by Crippen LogP contribution is -2.13. The Kier molecular flexibility index (Phi) is 3.28. The predicted octanol–water partition coefficient (Wildman–Crippen LogP) is 2.73. The Morgan fingerprint density at radius 1 is 1.13 bits per heavy atom. The number of nitrogens with zero attached hydrogens (tertiary/aromatic N) is 4. The van der Waals surface area contributed by atoms with Crippen LogP contribution in [0.15, 0.2) is 47.8 Å². The van der Waals surface area contributed by atoms with Crippen LogP contribution >= 0.6 is 11.3 Å².